The molecule has 0 radical (unpaired) electrons. The summed E-state index contributed by atoms with van der Waals surface area (Å²) in [5.74, 6) is -1.17. The molecule has 2 rings (SSSR count). The number of nitrogens with zero attached hydrogens (tertiary/aromatic N) is 3. The summed E-state index contributed by atoms with van der Waals surface area (Å²) in [5.41, 5.74) is 0. The van der Waals surface area contributed by atoms with Crippen LogP contribution in [0.1, 0.15) is 32.1 Å². The van der Waals surface area contributed by atoms with Crippen molar-refractivity contribution >= 4 is 17.9 Å². The molecule has 7 heteroatoms. The van der Waals surface area contributed by atoms with E-state index in [0.717, 1.165) is 38.8 Å². The van der Waals surface area contributed by atoms with Gasteiger partial charge in [-0.15, -0.1) is 0 Å². The van der Waals surface area contributed by atoms with Crippen molar-refractivity contribution in [3.05, 3.63) is 0 Å². The summed E-state index contributed by atoms with van der Waals surface area (Å²) in [4.78, 5) is 40.5. The summed E-state index contributed by atoms with van der Waals surface area (Å²) in [6, 6.07) is 0.0446. The highest BCUT2D eigenvalue weighted by Gasteiger charge is 2.32. The van der Waals surface area contributed by atoms with Gasteiger partial charge in [-0.2, -0.15) is 0 Å². The highest BCUT2D eigenvalue weighted by molar-refractivity contribution is 5.81. The Labute approximate surface area is 130 Å². The number of hydrogen-bond acceptors (Lipinski definition) is 3. The van der Waals surface area contributed by atoms with Crippen molar-refractivity contribution in [3.63, 3.8) is 0 Å². The largest absolute Gasteiger partial charge is 0.481 e. The van der Waals surface area contributed by atoms with Crippen molar-refractivity contribution in [2.45, 2.75) is 32.1 Å². The van der Waals surface area contributed by atoms with Crippen LogP contribution in [0.4, 0.5) is 4.79 Å². The summed E-state index contributed by atoms with van der Waals surface area (Å²) in [6.07, 6.45) is 3.65. The van der Waals surface area contributed by atoms with E-state index in [0.29, 0.717) is 13.1 Å². The van der Waals surface area contributed by atoms with Gasteiger partial charge in [-0.25, -0.2) is 4.79 Å². The smallest absolute Gasteiger partial charge is 0.320 e. The minimum atomic E-state index is -0.908. The molecule has 3 amide bonds. The van der Waals surface area contributed by atoms with Gasteiger partial charge in [-0.1, -0.05) is 0 Å². The van der Waals surface area contributed by atoms with E-state index in [-0.39, 0.29) is 30.8 Å². The average molecular weight is 311 g/mol. The van der Waals surface area contributed by atoms with Crippen molar-refractivity contribution in [2.24, 2.45) is 5.92 Å². The topological polar surface area (TPSA) is 81.2 Å². The molecule has 0 spiro atoms. The Balaban J connectivity index is 1.87. The first-order valence-electron chi connectivity index (χ1n) is 7.99. The highest BCUT2D eigenvalue weighted by Crippen LogP contribution is 2.21. The van der Waals surface area contributed by atoms with Crippen molar-refractivity contribution in [1.82, 2.24) is 14.7 Å². The number of carboxylic acid groups (broad SMARTS) is 1. The van der Waals surface area contributed by atoms with E-state index >= 15 is 0 Å². The molecule has 1 unspecified atom stereocenters. The zero-order valence-corrected chi connectivity index (χ0v) is 13.2. The third kappa shape index (κ3) is 4.11. The Morgan fingerprint density at radius 1 is 1.09 bits per heavy atom. The van der Waals surface area contributed by atoms with Crippen molar-refractivity contribution < 1.29 is 19.5 Å². The van der Waals surface area contributed by atoms with Gasteiger partial charge in [0, 0.05) is 39.8 Å². The number of carboxylic acids is 1. The van der Waals surface area contributed by atoms with E-state index < -0.39 is 5.97 Å². The Bertz CT molecular complexity index is 435. The molecule has 1 atom stereocenters. The second-order valence-corrected chi connectivity index (χ2v) is 6.17. The Kier molecular flexibility index (Phi) is 5.63. The molecular formula is C15H25N3O4. The quantitative estimate of drug-likeness (QED) is 0.834. The number of likely N-dealkylation sites (tertiary alicyclic amines) is 2. The number of piperidine rings is 1. The lowest BCUT2D eigenvalue weighted by Gasteiger charge is -2.36. The molecule has 2 fully saturated rings. The van der Waals surface area contributed by atoms with Gasteiger partial charge in [0.1, 0.15) is 0 Å². The fraction of sp³-hybridized carbons (Fsp3) is 0.800. The summed E-state index contributed by atoms with van der Waals surface area (Å²) in [5, 5.41) is 8.69. The van der Waals surface area contributed by atoms with Gasteiger partial charge in [-0.05, 0) is 25.7 Å². The molecular weight excluding hydrogens is 286 g/mol. The molecule has 2 aliphatic heterocycles. The first kappa shape index (κ1) is 16.6. The van der Waals surface area contributed by atoms with Crippen LogP contribution in [0.3, 0.4) is 0 Å². The average Bonchev–Trinajstić information content (AvgIpc) is 3.05. The van der Waals surface area contributed by atoms with Crippen molar-refractivity contribution in [3.8, 4) is 0 Å². The van der Waals surface area contributed by atoms with E-state index in [2.05, 4.69) is 0 Å². The van der Waals surface area contributed by atoms with Crippen LogP contribution in [0.15, 0.2) is 0 Å². The Morgan fingerprint density at radius 2 is 1.73 bits per heavy atom. The second kappa shape index (κ2) is 7.47. The standard InChI is InChI=1S/C15H25N3O4/c1-16(10-6-13(19)20)14(21)12-5-4-9-18(11-12)15(22)17-7-2-3-8-17/h12H,2-11H2,1H3,(H,19,20). The van der Waals surface area contributed by atoms with Crippen LogP contribution in [-0.2, 0) is 9.59 Å². The van der Waals surface area contributed by atoms with E-state index in [1.165, 1.54) is 4.90 Å². The van der Waals surface area contributed by atoms with Gasteiger partial charge in [-0.3, -0.25) is 9.59 Å². The van der Waals surface area contributed by atoms with Gasteiger partial charge >= 0.3 is 12.0 Å². The molecule has 22 heavy (non-hydrogen) atoms. The van der Waals surface area contributed by atoms with Crippen LogP contribution in [0.2, 0.25) is 0 Å². The third-order valence-electron chi connectivity index (χ3n) is 4.46. The zero-order chi connectivity index (χ0) is 16.1. The van der Waals surface area contributed by atoms with Crippen molar-refractivity contribution in [2.75, 3.05) is 39.8 Å². The number of aliphatic carboxylic acids is 1. The summed E-state index contributed by atoms with van der Waals surface area (Å²) in [6.45, 7) is 2.99. The maximum Gasteiger partial charge on any atom is 0.320 e. The number of carbonyl (C=O) groups excluding carboxylic acids is 2. The maximum absolute atomic E-state index is 12.4. The predicted molar refractivity (Wildman–Crippen MR) is 80.4 cm³/mol. The van der Waals surface area contributed by atoms with Gasteiger partial charge in [0.05, 0.1) is 12.3 Å². The van der Waals surface area contributed by atoms with Crippen molar-refractivity contribution in [1.29, 1.82) is 0 Å². The monoisotopic (exact) mass is 311 g/mol. The summed E-state index contributed by atoms with van der Waals surface area (Å²) in [7, 11) is 1.63. The lowest BCUT2D eigenvalue weighted by molar-refractivity contribution is -0.139. The third-order valence-corrected chi connectivity index (χ3v) is 4.46. The molecule has 0 bridgehead atoms. The minimum absolute atomic E-state index is 0.0446. The molecule has 0 saturated carbocycles. The molecule has 0 aromatic carbocycles. The highest BCUT2D eigenvalue weighted by atomic mass is 16.4. The normalized spacial score (nSPS) is 21.8. The molecule has 0 aromatic rings. The second-order valence-electron chi connectivity index (χ2n) is 6.17. The number of urea groups is 1. The Morgan fingerprint density at radius 3 is 2.36 bits per heavy atom. The predicted octanol–water partition coefficient (Wildman–Crippen LogP) is 0.847. The number of carbonyl (C=O) groups is 3. The zero-order valence-electron chi connectivity index (χ0n) is 13.2. The van der Waals surface area contributed by atoms with E-state index in [1.807, 2.05) is 4.90 Å². The van der Waals surface area contributed by atoms with Gasteiger partial charge in [0.25, 0.3) is 0 Å². The Hall–Kier alpha value is -1.79. The van der Waals surface area contributed by atoms with E-state index in [9.17, 15) is 14.4 Å². The van der Waals surface area contributed by atoms with E-state index in [1.54, 1.807) is 11.9 Å². The van der Waals surface area contributed by atoms with Crippen LogP contribution in [0.5, 0.6) is 0 Å². The summed E-state index contributed by atoms with van der Waals surface area (Å²) >= 11 is 0. The minimum Gasteiger partial charge on any atom is -0.481 e. The molecule has 7 nitrogen and oxygen atoms in total. The van der Waals surface area contributed by atoms with Gasteiger partial charge < -0.3 is 19.8 Å². The lowest BCUT2D eigenvalue weighted by atomic mass is 9.96. The maximum atomic E-state index is 12.4. The van der Waals surface area contributed by atoms with Crippen LogP contribution >= 0.6 is 0 Å². The van der Waals surface area contributed by atoms with Crippen LogP contribution < -0.4 is 0 Å². The van der Waals surface area contributed by atoms with Crippen LogP contribution in [0.25, 0.3) is 0 Å². The molecule has 0 aromatic heterocycles. The molecule has 124 valence electrons. The number of rotatable bonds is 4. The molecule has 2 heterocycles. The molecule has 1 N–H and O–H groups in total. The van der Waals surface area contributed by atoms with Crippen LogP contribution in [-0.4, -0.2) is 77.5 Å². The number of amides is 3. The lowest BCUT2D eigenvalue weighted by Crippen LogP contribution is -2.50. The van der Waals surface area contributed by atoms with Gasteiger partial charge in [0.2, 0.25) is 5.91 Å². The van der Waals surface area contributed by atoms with E-state index in [4.69, 9.17) is 5.11 Å². The summed E-state index contributed by atoms with van der Waals surface area (Å²) < 4.78 is 0. The molecule has 0 aliphatic carbocycles. The molecule has 2 saturated heterocycles. The number of hydrogen-bond donors (Lipinski definition) is 1. The first-order chi connectivity index (χ1) is 10.5. The fourth-order valence-electron chi connectivity index (χ4n) is 3.15. The SMILES string of the molecule is CN(CCC(=O)O)C(=O)C1CCCN(C(=O)N2CCCC2)C1. The first-order valence-corrected chi connectivity index (χ1v) is 7.99. The van der Waals surface area contributed by atoms with Gasteiger partial charge in [0.15, 0.2) is 0 Å². The van der Waals surface area contributed by atoms with Crippen LogP contribution in [0, 0.1) is 5.92 Å². The fourth-order valence-corrected chi connectivity index (χ4v) is 3.15. The molecule has 2 aliphatic rings.